The Labute approximate surface area is 210 Å². The normalized spacial score (nSPS) is 15.9. The molecule has 35 heavy (non-hydrogen) atoms. The number of amides is 1. The molecule has 0 N–H and O–H groups in total. The number of hydrogen-bond donors (Lipinski definition) is 0. The van der Waals surface area contributed by atoms with Crippen molar-refractivity contribution in [3.8, 4) is 11.5 Å². The Hall–Kier alpha value is -2.74. The Kier molecular flexibility index (Phi) is 7.59. The Bertz CT molecular complexity index is 1400. The summed E-state index contributed by atoms with van der Waals surface area (Å²) in [6, 6.07) is 6.74. The molecule has 0 atom stereocenters. The van der Waals surface area contributed by atoms with E-state index < -0.39 is 21.9 Å². The molecule has 13 heteroatoms. The number of hydrogen-bond acceptors (Lipinski definition) is 9. The summed E-state index contributed by atoms with van der Waals surface area (Å²) in [5.41, 5.74) is 0.575. The minimum Gasteiger partial charge on any atom is -0.495 e. The summed E-state index contributed by atoms with van der Waals surface area (Å²) >= 11 is 2.38. The summed E-state index contributed by atoms with van der Waals surface area (Å²) in [4.78, 5) is 29.9. The van der Waals surface area contributed by atoms with Crippen LogP contribution < -0.4 is 14.3 Å². The first-order valence-corrected chi connectivity index (χ1v) is 13.9. The van der Waals surface area contributed by atoms with Crippen LogP contribution in [0.5, 0.6) is 11.5 Å². The van der Waals surface area contributed by atoms with E-state index in [9.17, 15) is 18.0 Å². The lowest BCUT2D eigenvalue weighted by atomic mass is 9.98. The second-order valence-corrected chi connectivity index (χ2v) is 11.8. The first-order chi connectivity index (χ1) is 16.8. The van der Waals surface area contributed by atoms with E-state index in [-0.39, 0.29) is 25.5 Å². The van der Waals surface area contributed by atoms with E-state index in [1.54, 1.807) is 34.2 Å². The van der Waals surface area contributed by atoms with Gasteiger partial charge in [-0.2, -0.15) is 9.30 Å². The van der Waals surface area contributed by atoms with Gasteiger partial charge in [-0.05, 0) is 36.4 Å². The largest absolute Gasteiger partial charge is 0.495 e. The summed E-state index contributed by atoms with van der Waals surface area (Å²) in [6.45, 7) is 0.314. The van der Waals surface area contributed by atoms with Crippen LogP contribution in [0.1, 0.15) is 12.8 Å². The van der Waals surface area contributed by atoms with Gasteiger partial charge in [0.15, 0.2) is 4.80 Å². The molecule has 0 spiro atoms. The standard InChI is InChI=1S/C22H25N3O7S3/c1-30-15-6-7-16(31-2)20-19(15)25(13-17(26)32-3)22(34-20)23-21(27)14-8-10-24(11-9-14)35(28,29)18-5-4-12-33-18/h4-7,12,14H,8-11,13H2,1-3H3. The van der Waals surface area contributed by atoms with Crippen molar-refractivity contribution in [3.05, 3.63) is 34.4 Å². The molecule has 0 saturated carbocycles. The third kappa shape index (κ3) is 4.99. The zero-order valence-corrected chi connectivity index (χ0v) is 21.9. The fraction of sp³-hybridized carbons (Fsp3) is 0.409. The molecule has 1 aromatic carbocycles. The van der Waals surface area contributed by atoms with Gasteiger partial charge in [-0.25, -0.2) is 8.42 Å². The minimum absolute atomic E-state index is 0.163. The van der Waals surface area contributed by atoms with Crippen LogP contribution in [0.4, 0.5) is 0 Å². The number of rotatable bonds is 7. The third-order valence-corrected chi connectivity index (χ3v) is 10.2. The van der Waals surface area contributed by atoms with Gasteiger partial charge in [-0.15, -0.1) is 11.3 Å². The second-order valence-electron chi connectivity index (χ2n) is 7.76. The average Bonchev–Trinajstić information content (AvgIpc) is 3.53. The van der Waals surface area contributed by atoms with Gasteiger partial charge in [0.2, 0.25) is 0 Å². The number of carbonyl (C=O) groups is 2. The maximum Gasteiger partial charge on any atom is 0.325 e. The number of aromatic nitrogens is 1. The van der Waals surface area contributed by atoms with Crippen LogP contribution in [0.2, 0.25) is 0 Å². The van der Waals surface area contributed by atoms with Crippen LogP contribution in [-0.2, 0) is 30.9 Å². The number of esters is 1. The lowest BCUT2D eigenvalue weighted by Crippen LogP contribution is -2.40. The number of carbonyl (C=O) groups excluding carboxylic acids is 2. The summed E-state index contributed by atoms with van der Waals surface area (Å²) in [5, 5.41) is 1.72. The predicted molar refractivity (Wildman–Crippen MR) is 131 cm³/mol. The molecule has 4 rings (SSSR count). The highest BCUT2D eigenvalue weighted by Crippen LogP contribution is 2.35. The monoisotopic (exact) mass is 539 g/mol. The molecular weight excluding hydrogens is 514 g/mol. The molecule has 3 heterocycles. The first-order valence-electron chi connectivity index (χ1n) is 10.7. The van der Waals surface area contributed by atoms with Crippen molar-refractivity contribution in [3.63, 3.8) is 0 Å². The Morgan fingerprint density at radius 3 is 2.37 bits per heavy atom. The van der Waals surface area contributed by atoms with Gasteiger partial charge in [0, 0.05) is 19.0 Å². The van der Waals surface area contributed by atoms with Crippen LogP contribution in [0, 0.1) is 5.92 Å². The van der Waals surface area contributed by atoms with Gasteiger partial charge in [0.25, 0.3) is 15.9 Å². The van der Waals surface area contributed by atoms with Crippen molar-refractivity contribution in [2.75, 3.05) is 34.4 Å². The van der Waals surface area contributed by atoms with Gasteiger partial charge >= 0.3 is 5.97 Å². The number of methoxy groups -OCH3 is 3. The Morgan fingerprint density at radius 1 is 1.09 bits per heavy atom. The molecule has 1 aliphatic rings. The number of fused-ring (bicyclic) bond motifs is 1. The van der Waals surface area contributed by atoms with E-state index in [1.807, 2.05) is 0 Å². The molecule has 3 aromatic rings. The molecule has 1 saturated heterocycles. The maximum atomic E-state index is 13.1. The van der Waals surface area contributed by atoms with E-state index in [0.717, 1.165) is 0 Å². The minimum atomic E-state index is -3.55. The quantitative estimate of drug-likeness (QED) is 0.424. The molecule has 10 nitrogen and oxygen atoms in total. The molecule has 1 fully saturated rings. The maximum absolute atomic E-state index is 13.1. The number of sulfonamides is 1. The molecular formula is C22H25N3O7S3. The SMILES string of the molecule is COC(=O)Cn1c(=NC(=O)C2CCN(S(=O)(=O)c3cccs3)CC2)sc2c(OC)ccc(OC)c21. The fourth-order valence-electron chi connectivity index (χ4n) is 3.95. The predicted octanol–water partition coefficient (Wildman–Crippen LogP) is 2.48. The van der Waals surface area contributed by atoms with Gasteiger partial charge in [-0.3, -0.25) is 9.59 Å². The summed E-state index contributed by atoms with van der Waals surface area (Å²) < 4.78 is 45.3. The Balaban J connectivity index is 1.65. The molecule has 1 amide bonds. The molecule has 0 radical (unpaired) electrons. The van der Waals surface area contributed by atoms with Crippen molar-refractivity contribution in [1.82, 2.24) is 8.87 Å². The highest BCUT2D eigenvalue weighted by atomic mass is 32.2. The molecule has 1 aliphatic heterocycles. The number of benzene rings is 1. The third-order valence-electron chi connectivity index (χ3n) is 5.81. The van der Waals surface area contributed by atoms with Crippen molar-refractivity contribution in [2.45, 2.75) is 23.6 Å². The van der Waals surface area contributed by atoms with E-state index in [4.69, 9.17) is 14.2 Å². The smallest absolute Gasteiger partial charge is 0.325 e. The Morgan fingerprint density at radius 2 is 1.77 bits per heavy atom. The summed E-state index contributed by atoms with van der Waals surface area (Å²) in [6.07, 6.45) is 0.725. The van der Waals surface area contributed by atoms with Crippen molar-refractivity contribution in [1.29, 1.82) is 0 Å². The van der Waals surface area contributed by atoms with Crippen LogP contribution in [0.15, 0.2) is 38.8 Å². The first kappa shape index (κ1) is 25.4. The van der Waals surface area contributed by atoms with Crippen molar-refractivity contribution in [2.24, 2.45) is 10.9 Å². The number of thiazole rings is 1. The van der Waals surface area contributed by atoms with Gasteiger partial charge < -0.3 is 18.8 Å². The zero-order valence-electron chi connectivity index (χ0n) is 19.4. The van der Waals surface area contributed by atoms with E-state index >= 15 is 0 Å². The number of piperidine rings is 1. The molecule has 188 valence electrons. The van der Waals surface area contributed by atoms with Gasteiger partial charge in [-0.1, -0.05) is 17.4 Å². The topological polar surface area (TPSA) is 116 Å². The lowest BCUT2D eigenvalue weighted by molar-refractivity contribution is -0.141. The van der Waals surface area contributed by atoms with Crippen LogP contribution in [0.25, 0.3) is 10.2 Å². The van der Waals surface area contributed by atoms with E-state index in [0.29, 0.717) is 43.6 Å². The van der Waals surface area contributed by atoms with Crippen LogP contribution in [0.3, 0.4) is 0 Å². The number of ether oxygens (including phenoxy) is 3. The molecule has 2 aromatic heterocycles. The van der Waals surface area contributed by atoms with Gasteiger partial charge in [0.05, 0.1) is 21.3 Å². The van der Waals surface area contributed by atoms with Crippen molar-refractivity contribution < 1.29 is 32.2 Å². The van der Waals surface area contributed by atoms with Crippen LogP contribution >= 0.6 is 22.7 Å². The molecule has 0 aliphatic carbocycles. The van der Waals surface area contributed by atoms with Crippen molar-refractivity contribution >= 4 is 54.8 Å². The van der Waals surface area contributed by atoms with Gasteiger partial charge in [0.1, 0.15) is 32.5 Å². The van der Waals surface area contributed by atoms with Crippen LogP contribution in [-0.4, -0.2) is 63.6 Å². The average molecular weight is 540 g/mol. The summed E-state index contributed by atoms with van der Waals surface area (Å²) in [7, 11) is 0.782. The summed E-state index contributed by atoms with van der Waals surface area (Å²) in [5.74, 6) is -0.227. The highest BCUT2D eigenvalue weighted by Gasteiger charge is 2.32. The highest BCUT2D eigenvalue weighted by molar-refractivity contribution is 7.91. The lowest BCUT2D eigenvalue weighted by Gasteiger charge is -2.29. The number of thiophene rings is 1. The van der Waals surface area contributed by atoms with E-state index in [1.165, 1.54) is 48.3 Å². The van der Waals surface area contributed by atoms with E-state index in [2.05, 4.69) is 4.99 Å². The second kappa shape index (κ2) is 10.5. The molecule has 0 bridgehead atoms. The zero-order chi connectivity index (χ0) is 25.2. The number of nitrogens with zero attached hydrogens (tertiary/aromatic N) is 3. The fourth-order valence-corrected chi connectivity index (χ4v) is 7.70. The molecule has 0 unspecified atom stereocenters.